The summed E-state index contributed by atoms with van der Waals surface area (Å²) in [7, 11) is 0. The maximum absolute atomic E-state index is 10.8. The number of nitro groups is 1. The molecule has 0 aliphatic heterocycles. The smallest absolute Gasteiger partial charge is 0.269 e. The lowest BCUT2D eigenvalue weighted by molar-refractivity contribution is -0.384. The lowest BCUT2D eigenvalue weighted by Gasteiger charge is -2.16. The largest absolute Gasteiger partial charge is 0.305 e. The SMILES string of the molecule is CCC(NCc1cnc(C)s1)c1cccc([N+](=O)[O-])c1. The van der Waals surface area contributed by atoms with Gasteiger partial charge in [-0.15, -0.1) is 11.3 Å². The summed E-state index contributed by atoms with van der Waals surface area (Å²) < 4.78 is 0. The average Bonchev–Trinajstić information content (AvgIpc) is 2.85. The molecule has 0 aliphatic rings. The van der Waals surface area contributed by atoms with Crippen molar-refractivity contribution in [3.63, 3.8) is 0 Å². The van der Waals surface area contributed by atoms with E-state index in [4.69, 9.17) is 0 Å². The van der Waals surface area contributed by atoms with Crippen LogP contribution in [0.15, 0.2) is 30.5 Å². The molecule has 0 bridgehead atoms. The van der Waals surface area contributed by atoms with Gasteiger partial charge in [0.2, 0.25) is 0 Å². The fourth-order valence-electron chi connectivity index (χ4n) is 2.06. The number of nitrogens with one attached hydrogen (secondary N) is 1. The molecule has 0 fully saturated rings. The van der Waals surface area contributed by atoms with Gasteiger partial charge in [0, 0.05) is 35.8 Å². The van der Waals surface area contributed by atoms with Crippen LogP contribution in [-0.4, -0.2) is 9.91 Å². The molecule has 6 heteroatoms. The van der Waals surface area contributed by atoms with Crippen LogP contribution in [0.1, 0.15) is 34.8 Å². The second-order valence-corrected chi connectivity index (χ2v) is 5.86. The third-order valence-electron chi connectivity index (χ3n) is 3.08. The van der Waals surface area contributed by atoms with Crippen LogP contribution in [0, 0.1) is 17.0 Å². The molecular weight excluding hydrogens is 274 g/mol. The summed E-state index contributed by atoms with van der Waals surface area (Å²) in [6.45, 7) is 4.77. The van der Waals surface area contributed by atoms with E-state index in [9.17, 15) is 10.1 Å². The zero-order valence-electron chi connectivity index (χ0n) is 11.5. The summed E-state index contributed by atoms with van der Waals surface area (Å²) in [4.78, 5) is 15.9. The third kappa shape index (κ3) is 3.61. The van der Waals surface area contributed by atoms with Gasteiger partial charge in [0.05, 0.1) is 9.93 Å². The van der Waals surface area contributed by atoms with E-state index in [1.165, 1.54) is 10.9 Å². The highest BCUT2D eigenvalue weighted by atomic mass is 32.1. The highest BCUT2D eigenvalue weighted by Crippen LogP contribution is 2.22. The van der Waals surface area contributed by atoms with Gasteiger partial charge in [-0.05, 0) is 18.9 Å². The molecule has 0 amide bonds. The van der Waals surface area contributed by atoms with Gasteiger partial charge in [-0.1, -0.05) is 19.1 Å². The fraction of sp³-hybridized carbons (Fsp3) is 0.357. The van der Waals surface area contributed by atoms with Crippen LogP contribution in [0.3, 0.4) is 0 Å². The van der Waals surface area contributed by atoms with E-state index in [1.54, 1.807) is 23.5 Å². The Balaban J connectivity index is 2.07. The minimum absolute atomic E-state index is 0.109. The van der Waals surface area contributed by atoms with E-state index < -0.39 is 0 Å². The molecule has 2 rings (SSSR count). The Morgan fingerprint density at radius 3 is 2.90 bits per heavy atom. The van der Waals surface area contributed by atoms with Crippen molar-refractivity contribution in [2.45, 2.75) is 32.9 Å². The summed E-state index contributed by atoms with van der Waals surface area (Å²) in [5, 5.41) is 15.3. The van der Waals surface area contributed by atoms with Gasteiger partial charge in [-0.3, -0.25) is 10.1 Å². The van der Waals surface area contributed by atoms with E-state index in [1.807, 2.05) is 19.2 Å². The number of nitrogens with zero attached hydrogens (tertiary/aromatic N) is 2. The first-order valence-corrected chi connectivity index (χ1v) is 7.31. The molecule has 0 saturated carbocycles. The monoisotopic (exact) mass is 291 g/mol. The Morgan fingerprint density at radius 1 is 1.50 bits per heavy atom. The number of aryl methyl sites for hydroxylation is 1. The zero-order chi connectivity index (χ0) is 14.5. The van der Waals surface area contributed by atoms with Gasteiger partial charge >= 0.3 is 0 Å². The summed E-state index contributed by atoms with van der Waals surface area (Å²) in [5.41, 5.74) is 1.08. The number of non-ortho nitro benzene ring substituents is 1. The fourth-order valence-corrected chi connectivity index (χ4v) is 2.81. The van der Waals surface area contributed by atoms with Crippen molar-refractivity contribution in [3.05, 3.63) is 56.0 Å². The molecule has 106 valence electrons. The van der Waals surface area contributed by atoms with Crippen molar-refractivity contribution in [2.75, 3.05) is 0 Å². The number of nitro benzene ring substituents is 1. The van der Waals surface area contributed by atoms with Gasteiger partial charge in [0.15, 0.2) is 0 Å². The second kappa shape index (κ2) is 6.58. The Bertz CT molecular complexity index is 598. The average molecular weight is 291 g/mol. The molecule has 1 atom stereocenters. The lowest BCUT2D eigenvalue weighted by Crippen LogP contribution is -2.19. The van der Waals surface area contributed by atoms with Crippen LogP contribution in [0.25, 0.3) is 0 Å². The summed E-state index contributed by atoms with van der Waals surface area (Å²) in [6, 6.07) is 6.92. The second-order valence-electron chi connectivity index (χ2n) is 4.54. The number of hydrogen-bond acceptors (Lipinski definition) is 5. The molecule has 0 radical (unpaired) electrons. The van der Waals surface area contributed by atoms with Crippen molar-refractivity contribution < 1.29 is 4.92 Å². The van der Waals surface area contributed by atoms with E-state index in [2.05, 4.69) is 17.2 Å². The van der Waals surface area contributed by atoms with Crippen LogP contribution in [-0.2, 0) is 6.54 Å². The van der Waals surface area contributed by atoms with Gasteiger partial charge in [0.25, 0.3) is 5.69 Å². The summed E-state index contributed by atoms with van der Waals surface area (Å²) in [6.07, 6.45) is 2.74. The quantitative estimate of drug-likeness (QED) is 0.652. The number of benzene rings is 1. The molecule has 2 aromatic rings. The number of thiazole rings is 1. The summed E-state index contributed by atoms with van der Waals surface area (Å²) in [5.74, 6) is 0. The molecule has 1 N–H and O–H groups in total. The van der Waals surface area contributed by atoms with Crippen LogP contribution in [0.2, 0.25) is 0 Å². The van der Waals surface area contributed by atoms with Crippen LogP contribution in [0.4, 0.5) is 5.69 Å². The molecular formula is C14H17N3O2S. The van der Waals surface area contributed by atoms with Crippen molar-refractivity contribution in [3.8, 4) is 0 Å². The molecule has 20 heavy (non-hydrogen) atoms. The van der Waals surface area contributed by atoms with E-state index in [-0.39, 0.29) is 16.7 Å². The molecule has 5 nitrogen and oxygen atoms in total. The molecule has 0 aliphatic carbocycles. The number of rotatable bonds is 6. The number of aromatic nitrogens is 1. The third-order valence-corrected chi connectivity index (χ3v) is 4.00. The van der Waals surface area contributed by atoms with Crippen LogP contribution >= 0.6 is 11.3 Å². The molecule has 1 unspecified atom stereocenters. The minimum atomic E-state index is -0.358. The highest BCUT2D eigenvalue weighted by Gasteiger charge is 2.13. The molecule has 1 aromatic carbocycles. The zero-order valence-corrected chi connectivity index (χ0v) is 12.3. The molecule has 1 heterocycles. The van der Waals surface area contributed by atoms with Crippen molar-refractivity contribution in [2.24, 2.45) is 0 Å². The molecule has 0 saturated heterocycles. The van der Waals surface area contributed by atoms with Gasteiger partial charge in [0.1, 0.15) is 0 Å². The van der Waals surface area contributed by atoms with Crippen molar-refractivity contribution in [1.82, 2.24) is 10.3 Å². The van der Waals surface area contributed by atoms with Crippen molar-refractivity contribution in [1.29, 1.82) is 0 Å². The van der Waals surface area contributed by atoms with Crippen LogP contribution in [0.5, 0.6) is 0 Å². The Morgan fingerprint density at radius 2 is 2.30 bits per heavy atom. The standard InChI is InChI=1S/C14H17N3O2S/c1-3-14(16-9-13-8-15-10(2)20-13)11-5-4-6-12(7-11)17(18)19/h4-8,14,16H,3,9H2,1-2H3. The maximum Gasteiger partial charge on any atom is 0.269 e. The van der Waals surface area contributed by atoms with Crippen LogP contribution < -0.4 is 5.32 Å². The minimum Gasteiger partial charge on any atom is -0.305 e. The molecule has 1 aromatic heterocycles. The highest BCUT2D eigenvalue weighted by molar-refractivity contribution is 7.11. The lowest BCUT2D eigenvalue weighted by atomic mass is 10.0. The first-order chi connectivity index (χ1) is 9.60. The summed E-state index contributed by atoms with van der Waals surface area (Å²) >= 11 is 1.66. The first kappa shape index (κ1) is 14.6. The number of hydrogen-bond donors (Lipinski definition) is 1. The first-order valence-electron chi connectivity index (χ1n) is 6.49. The van der Waals surface area contributed by atoms with Gasteiger partial charge in [-0.2, -0.15) is 0 Å². The van der Waals surface area contributed by atoms with Gasteiger partial charge in [-0.25, -0.2) is 4.98 Å². The van der Waals surface area contributed by atoms with E-state index >= 15 is 0 Å². The topological polar surface area (TPSA) is 68.1 Å². The van der Waals surface area contributed by atoms with Gasteiger partial charge < -0.3 is 5.32 Å². The molecule has 0 spiro atoms. The Hall–Kier alpha value is -1.79. The normalized spacial score (nSPS) is 12.3. The Kier molecular flexibility index (Phi) is 4.81. The van der Waals surface area contributed by atoms with E-state index in [0.29, 0.717) is 0 Å². The van der Waals surface area contributed by atoms with Crippen molar-refractivity contribution >= 4 is 17.0 Å². The van der Waals surface area contributed by atoms with E-state index in [0.717, 1.165) is 23.5 Å². The maximum atomic E-state index is 10.8. The predicted octanol–water partition coefficient (Wildman–Crippen LogP) is 3.60. The Labute approximate surface area is 121 Å². The predicted molar refractivity (Wildman–Crippen MR) is 79.8 cm³/mol.